The smallest absolute Gasteiger partial charge is 0.335 e. The molecule has 0 spiro atoms. The minimum Gasteiger partial charge on any atom is -0.478 e. The van der Waals surface area contributed by atoms with Crippen LogP contribution in [0.15, 0.2) is 58.5 Å². The largest absolute Gasteiger partial charge is 0.478 e. The van der Waals surface area contributed by atoms with Gasteiger partial charge in [-0.2, -0.15) is 4.68 Å². The van der Waals surface area contributed by atoms with E-state index in [9.17, 15) is 14.7 Å². The summed E-state index contributed by atoms with van der Waals surface area (Å²) >= 11 is 1.58. The number of nitrogens with zero attached hydrogens (tertiary/aromatic N) is 6. The van der Waals surface area contributed by atoms with E-state index in [1.165, 1.54) is 4.68 Å². The van der Waals surface area contributed by atoms with Crippen LogP contribution in [0.3, 0.4) is 0 Å². The molecule has 188 valence electrons. The number of aromatic nitrogens is 6. The van der Waals surface area contributed by atoms with Crippen LogP contribution in [0, 0.1) is 0 Å². The van der Waals surface area contributed by atoms with Gasteiger partial charge in [0, 0.05) is 18.8 Å². The highest BCUT2D eigenvalue weighted by Crippen LogP contribution is 2.32. The monoisotopic (exact) mass is 514 g/mol. The van der Waals surface area contributed by atoms with Gasteiger partial charge in [-0.05, 0) is 56.5 Å². The minimum atomic E-state index is -0.965. The zero-order chi connectivity index (χ0) is 25.5. The molecule has 0 saturated heterocycles. The van der Waals surface area contributed by atoms with Crippen molar-refractivity contribution < 1.29 is 9.90 Å². The van der Waals surface area contributed by atoms with Crippen LogP contribution in [-0.2, 0) is 25.3 Å². The molecule has 2 aromatic carbocycles. The van der Waals surface area contributed by atoms with Gasteiger partial charge in [-0.15, -0.1) is 5.10 Å². The number of aryl methyl sites for hydroxylation is 1. The van der Waals surface area contributed by atoms with Crippen LogP contribution in [-0.4, -0.2) is 40.0 Å². The summed E-state index contributed by atoms with van der Waals surface area (Å²) in [6, 6.07) is 14.5. The fourth-order valence-electron chi connectivity index (χ4n) is 5.11. The molecule has 0 unspecified atom stereocenters. The average molecular weight is 515 g/mol. The molecule has 0 aliphatic carbocycles. The molecule has 0 saturated carbocycles. The van der Waals surface area contributed by atoms with Crippen LogP contribution in [0.25, 0.3) is 28.1 Å². The number of rotatable bonds is 6. The van der Waals surface area contributed by atoms with E-state index >= 15 is 0 Å². The SMILES string of the molecule is CCn1c(CSc2nc3nn(-c4ccccc4)c(=O)c-3c3n2CCCCC3)nc2cc(C(=O)O)ccc21. The number of fused-ring (bicyclic) bond motifs is 4. The third-order valence-electron chi connectivity index (χ3n) is 6.89. The summed E-state index contributed by atoms with van der Waals surface area (Å²) in [5, 5.41) is 14.8. The lowest BCUT2D eigenvalue weighted by Gasteiger charge is -2.17. The van der Waals surface area contributed by atoms with E-state index in [0.29, 0.717) is 22.7 Å². The van der Waals surface area contributed by atoms with E-state index in [0.717, 1.165) is 66.7 Å². The van der Waals surface area contributed by atoms with Crippen LogP contribution in [0.4, 0.5) is 0 Å². The number of aromatic carboxylic acids is 1. The highest BCUT2D eigenvalue weighted by atomic mass is 32.2. The molecular weight excluding hydrogens is 488 g/mol. The number of hydrogen-bond donors (Lipinski definition) is 1. The Bertz CT molecular complexity index is 1650. The molecule has 0 atom stereocenters. The molecule has 0 radical (unpaired) electrons. The van der Waals surface area contributed by atoms with Crippen molar-refractivity contribution in [3.63, 3.8) is 0 Å². The van der Waals surface area contributed by atoms with Crippen LogP contribution < -0.4 is 5.56 Å². The van der Waals surface area contributed by atoms with Crippen LogP contribution in [0.1, 0.15) is 48.1 Å². The maximum absolute atomic E-state index is 13.4. The number of carbonyl (C=O) groups is 1. The number of carboxylic acids is 1. The van der Waals surface area contributed by atoms with E-state index in [1.54, 1.807) is 23.9 Å². The van der Waals surface area contributed by atoms with Crippen LogP contribution in [0.5, 0.6) is 0 Å². The Kier molecular flexibility index (Phi) is 6.03. The van der Waals surface area contributed by atoms with Gasteiger partial charge < -0.3 is 14.2 Å². The van der Waals surface area contributed by atoms with Crippen molar-refractivity contribution >= 4 is 28.8 Å². The van der Waals surface area contributed by atoms with Gasteiger partial charge in [0.15, 0.2) is 11.0 Å². The highest BCUT2D eigenvalue weighted by molar-refractivity contribution is 7.98. The molecule has 6 rings (SSSR count). The Morgan fingerprint density at radius 1 is 1.08 bits per heavy atom. The number of thioether (sulfide) groups is 1. The normalized spacial score (nSPS) is 13.6. The summed E-state index contributed by atoms with van der Waals surface area (Å²) in [4.78, 5) is 34.5. The Labute approximate surface area is 217 Å². The van der Waals surface area contributed by atoms with Gasteiger partial charge in [-0.1, -0.05) is 36.4 Å². The number of imidazole rings is 1. The van der Waals surface area contributed by atoms with Gasteiger partial charge in [0.05, 0.1) is 28.0 Å². The first-order chi connectivity index (χ1) is 18.0. The van der Waals surface area contributed by atoms with E-state index in [1.807, 2.05) is 36.4 Å². The lowest BCUT2D eigenvalue weighted by molar-refractivity contribution is 0.0697. The molecule has 0 fully saturated rings. The lowest BCUT2D eigenvalue weighted by Crippen LogP contribution is -2.19. The summed E-state index contributed by atoms with van der Waals surface area (Å²) in [6.45, 7) is 3.58. The third-order valence-corrected chi connectivity index (χ3v) is 7.86. The Morgan fingerprint density at radius 2 is 1.92 bits per heavy atom. The Hall–Kier alpha value is -3.92. The topological polar surface area (TPSA) is 108 Å². The molecule has 37 heavy (non-hydrogen) atoms. The molecule has 0 bridgehead atoms. The molecule has 1 aromatic heterocycles. The standard InChI is InChI=1S/C27H26N6O3S/c1-2-31-20-13-12-17(26(35)36)15-19(20)28-22(31)16-37-27-29-24-23(21-11-7-4-8-14-32(21)27)25(34)33(30-24)18-9-5-3-6-10-18/h3,5-6,9-10,12-13,15H,2,4,7-8,11,14,16H2,1H3,(H,35,36). The predicted molar refractivity (Wildman–Crippen MR) is 142 cm³/mol. The van der Waals surface area contributed by atoms with Gasteiger partial charge in [-0.3, -0.25) is 4.79 Å². The van der Waals surface area contributed by atoms with Crippen molar-refractivity contribution in [2.45, 2.75) is 56.6 Å². The van der Waals surface area contributed by atoms with Crippen molar-refractivity contribution in [3.8, 4) is 17.1 Å². The molecule has 4 heterocycles. The maximum atomic E-state index is 13.4. The van der Waals surface area contributed by atoms with Gasteiger partial charge in [0.1, 0.15) is 11.4 Å². The number of carboxylic acid groups (broad SMARTS) is 1. The molecule has 1 N–H and O–H groups in total. The first kappa shape index (κ1) is 23.5. The van der Waals surface area contributed by atoms with Crippen LogP contribution >= 0.6 is 11.8 Å². The van der Waals surface area contributed by atoms with Crippen molar-refractivity contribution in [3.05, 3.63) is 76.0 Å². The fourth-order valence-corrected chi connectivity index (χ4v) is 6.10. The van der Waals surface area contributed by atoms with E-state index in [-0.39, 0.29) is 11.1 Å². The highest BCUT2D eigenvalue weighted by Gasteiger charge is 2.27. The summed E-state index contributed by atoms with van der Waals surface area (Å²) in [7, 11) is 0. The lowest BCUT2D eigenvalue weighted by atomic mass is 10.1. The first-order valence-corrected chi connectivity index (χ1v) is 13.5. The summed E-state index contributed by atoms with van der Waals surface area (Å²) in [5.41, 5.74) is 4.02. The summed E-state index contributed by atoms with van der Waals surface area (Å²) < 4.78 is 5.75. The van der Waals surface area contributed by atoms with Gasteiger partial charge >= 0.3 is 5.97 Å². The second-order valence-corrected chi connectivity index (χ2v) is 10.1. The van der Waals surface area contributed by atoms with Crippen LogP contribution in [0.2, 0.25) is 0 Å². The van der Waals surface area contributed by atoms with Gasteiger partial charge in [0.25, 0.3) is 5.56 Å². The van der Waals surface area contributed by atoms with Crippen molar-refractivity contribution in [2.75, 3.05) is 0 Å². The summed E-state index contributed by atoms with van der Waals surface area (Å²) in [5.74, 6) is 0.925. The van der Waals surface area contributed by atoms with Gasteiger partial charge in [-0.25, -0.2) is 14.8 Å². The van der Waals surface area contributed by atoms with Gasteiger partial charge in [0.2, 0.25) is 0 Å². The second kappa shape index (κ2) is 9.51. The zero-order valence-electron chi connectivity index (χ0n) is 20.4. The molecular formula is C27H26N6O3S. The zero-order valence-corrected chi connectivity index (χ0v) is 21.2. The molecule has 3 aliphatic rings. The second-order valence-electron chi connectivity index (χ2n) is 9.12. The fraction of sp³-hybridized carbons (Fsp3) is 0.296. The van der Waals surface area contributed by atoms with E-state index in [4.69, 9.17) is 9.97 Å². The van der Waals surface area contributed by atoms with Crippen molar-refractivity contribution in [1.29, 1.82) is 0 Å². The third kappa shape index (κ3) is 4.11. The molecule has 3 aromatic rings. The molecule has 10 heteroatoms. The minimum absolute atomic E-state index is 0.127. The van der Waals surface area contributed by atoms with Crippen molar-refractivity contribution in [2.24, 2.45) is 0 Å². The quantitative estimate of drug-likeness (QED) is 0.260. The predicted octanol–water partition coefficient (Wildman–Crippen LogP) is 4.62. The Morgan fingerprint density at radius 3 is 2.70 bits per heavy atom. The van der Waals surface area contributed by atoms with E-state index < -0.39 is 5.97 Å². The van der Waals surface area contributed by atoms with E-state index in [2.05, 4.69) is 21.2 Å². The summed E-state index contributed by atoms with van der Waals surface area (Å²) in [6.07, 6.45) is 3.97. The van der Waals surface area contributed by atoms with Crippen molar-refractivity contribution in [1.82, 2.24) is 28.9 Å². The molecule has 3 aliphatic heterocycles. The Balaban J connectivity index is 1.42. The number of benzene rings is 2. The number of hydrogen-bond acceptors (Lipinski definition) is 6. The average Bonchev–Trinajstić information content (AvgIpc) is 3.32. The maximum Gasteiger partial charge on any atom is 0.335 e. The first-order valence-electron chi connectivity index (χ1n) is 12.5. The molecule has 0 amide bonds. The molecule has 9 nitrogen and oxygen atoms in total. The number of para-hydroxylation sites is 1.